The summed E-state index contributed by atoms with van der Waals surface area (Å²) >= 11 is 0. The molecule has 0 radical (unpaired) electrons. The van der Waals surface area contributed by atoms with E-state index in [4.69, 9.17) is 10.9 Å². The van der Waals surface area contributed by atoms with Gasteiger partial charge in [0.1, 0.15) is 4.90 Å². The van der Waals surface area contributed by atoms with E-state index in [0.29, 0.717) is 17.3 Å². The lowest BCUT2D eigenvalue weighted by atomic mass is 9.85. The summed E-state index contributed by atoms with van der Waals surface area (Å²) in [6, 6.07) is 4.71. The molecule has 1 aromatic rings. The summed E-state index contributed by atoms with van der Waals surface area (Å²) in [4.78, 5) is 0.0665. The van der Waals surface area contributed by atoms with E-state index >= 15 is 0 Å². The molecule has 0 aromatic heterocycles. The van der Waals surface area contributed by atoms with Crippen molar-refractivity contribution in [3.63, 3.8) is 0 Å². The highest BCUT2D eigenvalue weighted by molar-refractivity contribution is 7.89. The summed E-state index contributed by atoms with van der Waals surface area (Å²) in [5.74, 6) is 0.640. The molecule has 0 heterocycles. The van der Waals surface area contributed by atoms with Gasteiger partial charge in [-0.05, 0) is 37.0 Å². The SMILES string of the molecule is Nc1ccc(NCC2CCC2)c(S(N)(=O)=O)c1. The number of nitrogen functional groups attached to an aromatic ring is 1. The third-order valence-corrected chi connectivity index (χ3v) is 4.07. The Morgan fingerprint density at radius 3 is 2.59 bits per heavy atom. The topological polar surface area (TPSA) is 98.2 Å². The Labute approximate surface area is 101 Å². The number of anilines is 2. The largest absolute Gasteiger partial charge is 0.399 e. The molecule has 0 amide bonds. The van der Waals surface area contributed by atoms with Gasteiger partial charge in [-0.25, -0.2) is 13.6 Å². The zero-order valence-corrected chi connectivity index (χ0v) is 10.3. The van der Waals surface area contributed by atoms with Crippen LogP contribution in [0.5, 0.6) is 0 Å². The van der Waals surface area contributed by atoms with Crippen LogP contribution in [-0.4, -0.2) is 15.0 Å². The number of nitrogens with two attached hydrogens (primary N) is 2. The molecule has 0 unspecified atom stereocenters. The molecule has 2 rings (SSSR count). The van der Waals surface area contributed by atoms with Crippen LogP contribution in [-0.2, 0) is 10.0 Å². The van der Waals surface area contributed by atoms with Crippen LogP contribution < -0.4 is 16.2 Å². The molecule has 1 aliphatic rings. The molecule has 1 fully saturated rings. The maximum Gasteiger partial charge on any atom is 0.240 e. The average Bonchev–Trinajstić information content (AvgIpc) is 2.16. The van der Waals surface area contributed by atoms with Gasteiger partial charge in [0, 0.05) is 12.2 Å². The van der Waals surface area contributed by atoms with Crippen molar-refractivity contribution < 1.29 is 8.42 Å². The summed E-state index contributed by atoms with van der Waals surface area (Å²) in [5.41, 5.74) is 6.50. The predicted molar refractivity (Wildman–Crippen MR) is 68.1 cm³/mol. The molecule has 0 saturated heterocycles. The highest BCUT2D eigenvalue weighted by atomic mass is 32.2. The summed E-state index contributed by atoms with van der Waals surface area (Å²) in [5, 5.41) is 8.29. The Morgan fingerprint density at radius 2 is 2.06 bits per heavy atom. The smallest absolute Gasteiger partial charge is 0.240 e. The minimum Gasteiger partial charge on any atom is -0.399 e. The van der Waals surface area contributed by atoms with E-state index in [1.807, 2.05) is 0 Å². The molecular weight excluding hydrogens is 238 g/mol. The first-order valence-corrected chi connectivity index (χ1v) is 7.17. The summed E-state index contributed by atoms with van der Waals surface area (Å²) in [6.45, 7) is 0.784. The molecule has 1 saturated carbocycles. The van der Waals surface area contributed by atoms with Crippen molar-refractivity contribution in [3.8, 4) is 0 Å². The van der Waals surface area contributed by atoms with Crippen LogP contribution in [0.3, 0.4) is 0 Å². The Morgan fingerprint density at radius 1 is 1.35 bits per heavy atom. The number of hydrogen-bond acceptors (Lipinski definition) is 4. The lowest BCUT2D eigenvalue weighted by Crippen LogP contribution is -2.22. The van der Waals surface area contributed by atoms with Gasteiger partial charge in [0.15, 0.2) is 0 Å². The van der Waals surface area contributed by atoms with Gasteiger partial charge in [0.05, 0.1) is 5.69 Å². The molecule has 0 aliphatic heterocycles. The normalized spacial score (nSPS) is 16.5. The van der Waals surface area contributed by atoms with Gasteiger partial charge >= 0.3 is 0 Å². The van der Waals surface area contributed by atoms with Gasteiger partial charge < -0.3 is 11.1 Å². The van der Waals surface area contributed by atoms with E-state index in [-0.39, 0.29) is 4.90 Å². The fraction of sp³-hybridized carbons (Fsp3) is 0.455. The van der Waals surface area contributed by atoms with Crippen molar-refractivity contribution in [2.24, 2.45) is 11.1 Å². The van der Waals surface area contributed by atoms with E-state index in [2.05, 4.69) is 5.32 Å². The zero-order chi connectivity index (χ0) is 12.5. The average molecular weight is 255 g/mol. The van der Waals surface area contributed by atoms with E-state index in [9.17, 15) is 8.42 Å². The molecule has 5 nitrogen and oxygen atoms in total. The summed E-state index contributed by atoms with van der Waals surface area (Å²) in [7, 11) is -3.74. The van der Waals surface area contributed by atoms with Crippen molar-refractivity contribution in [1.82, 2.24) is 0 Å². The first-order chi connectivity index (χ1) is 7.97. The van der Waals surface area contributed by atoms with Crippen LogP contribution in [0, 0.1) is 5.92 Å². The molecule has 1 aliphatic carbocycles. The fourth-order valence-corrected chi connectivity index (χ4v) is 2.62. The van der Waals surface area contributed by atoms with Crippen molar-refractivity contribution in [2.45, 2.75) is 24.2 Å². The van der Waals surface area contributed by atoms with E-state index < -0.39 is 10.0 Å². The number of sulfonamides is 1. The van der Waals surface area contributed by atoms with E-state index in [0.717, 1.165) is 6.54 Å². The van der Waals surface area contributed by atoms with Gasteiger partial charge in [-0.15, -0.1) is 0 Å². The number of benzene rings is 1. The van der Waals surface area contributed by atoms with Crippen LogP contribution in [0.2, 0.25) is 0 Å². The Kier molecular flexibility index (Phi) is 3.26. The lowest BCUT2D eigenvalue weighted by Gasteiger charge is -2.26. The molecule has 0 atom stereocenters. The number of primary sulfonamides is 1. The number of rotatable bonds is 4. The van der Waals surface area contributed by atoms with Crippen LogP contribution in [0.15, 0.2) is 23.1 Å². The van der Waals surface area contributed by atoms with Gasteiger partial charge in [-0.2, -0.15) is 0 Å². The molecule has 1 aromatic carbocycles. The van der Waals surface area contributed by atoms with E-state index in [1.165, 1.54) is 25.3 Å². The second-order valence-corrected chi connectivity index (χ2v) is 6.01. The van der Waals surface area contributed by atoms with Gasteiger partial charge in [0.2, 0.25) is 10.0 Å². The molecule has 0 bridgehead atoms. The standard InChI is InChI=1S/C11H17N3O2S/c12-9-4-5-10(11(6-9)17(13,15)16)14-7-8-2-1-3-8/h4-6,8,14H,1-3,7,12H2,(H2,13,15,16). The quantitative estimate of drug-likeness (QED) is 0.702. The minimum atomic E-state index is -3.74. The Bertz CT molecular complexity index is 509. The van der Waals surface area contributed by atoms with Crippen LogP contribution >= 0.6 is 0 Å². The molecule has 6 heteroatoms. The lowest BCUT2D eigenvalue weighted by molar-refractivity contribution is 0.333. The summed E-state index contributed by atoms with van der Waals surface area (Å²) in [6.07, 6.45) is 3.66. The second-order valence-electron chi connectivity index (χ2n) is 4.48. The first-order valence-electron chi connectivity index (χ1n) is 5.63. The highest BCUT2D eigenvalue weighted by Crippen LogP contribution is 2.28. The highest BCUT2D eigenvalue weighted by Gasteiger charge is 2.19. The maximum absolute atomic E-state index is 11.4. The second kappa shape index (κ2) is 4.54. The van der Waals surface area contributed by atoms with Crippen molar-refractivity contribution in [2.75, 3.05) is 17.6 Å². The Hall–Kier alpha value is -1.27. The Balaban J connectivity index is 2.19. The molecule has 94 valence electrons. The third-order valence-electron chi connectivity index (χ3n) is 3.12. The van der Waals surface area contributed by atoms with Crippen LogP contribution in [0.4, 0.5) is 11.4 Å². The summed E-state index contributed by atoms with van der Waals surface area (Å²) < 4.78 is 22.8. The van der Waals surface area contributed by atoms with Crippen molar-refractivity contribution in [3.05, 3.63) is 18.2 Å². The van der Waals surface area contributed by atoms with Gasteiger partial charge in [-0.1, -0.05) is 6.42 Å². The number of nitrogens with one attached hydrogen (secondary N) is 1. The molecular formula is C11H17N3O2S. The zero-order valence-electron chi connectivity index (χ0n) is 9.52. The van der Waals surface area contributed by atoms with Gasteiger partial charge in [0.25, 0.3) is 0 Å². The number of hydrogen-bond donors (Lipinski definition) is 3. The van der Waals surface area contributed by atoms with Crippen molar-refractivity contribution >= 4 is 21.4 Å². The minimum absolute atomic E-state index is 0.0665. The van der Waals surface area contributed by atoms with Crippen molar-refractivity contribution in [1.29, 1.82) is 0 Å². The van der Waals surface area contributed by atoms with Gasteiger partial charge in [-0.3, -0.25) is 0 Å². The molecule has 17 heavy (non-hydrogen) atoms. The first kappa shape index (κ1) is 12.2. The molecule has 0 spiro atoms. The van der Waals surface area contributed by atoms with Crippen LogP contribution in [0.25, 0.3) is 0 Å². The van der Waals surface area contributed by atoms with E-state index in [1.54, 1.807) is 12.1 Å². The predicted octanol–water partition coefficient (Wildman–Crippen LogP) is 1.13. The van der Waals surface area contributed by atoms with Crippen LogP contribution in [0.1, 0.15) is 19.3 Å². The maximum atomic E-state index is 11.4. The fourth-order valence-electron chi connectivity index (χ4n) is 1.87. The molecule has 5 N–H and O–H groups in total. The third kappa shape index (κ3) is 2.89. The monoisotopic (exact) mass is 255 g/mol.